The van der Waals surface area contributed by atoms with Gasteiger partial charge in [-0.25, -0.2) is 0 Å². The van der Waals surface area contributed by atoms with E-state index < -0.39 is 5.41 Å². The fourth-order valence-electron chi connectivity index (χ4n) is 3.09. The van der Waals surface area contributed by atoms with Crippen molar-refractivity contribution in [3.63, 3.8) is 0 Å². The summed E-state index contributed by atoms with van der Waals surface area (Å²) in [6.45, 7) is 5.83. The minimum Gasteiger partial charge on any atom is -0.495 e. The average molecular weight is 352 g/mol. The van der Waals surface area contributed by atoms with E-state index in [0.29, 0.717) is 24.3 Å². The standard InChI is InChI=1S/C21H24N2O3/c1-13-8-9-17(26-4)16(12-13)22-19(24)21(10-11-21)20(25)23-18-14(2)6-5-7-15(18)3/h5-9,12H,10-11H2,1-4H3,(H,22,24)(H,23,25). The van der Waals surface area contributed by atoms with Crippen LogP contribution in [-0.4, -0.2) is 18.9 Å². The number of hydrogen-bond acceptors (Lipinski definition) is 3. The fraction of sp³-hybridized carbons (Fsp3) is 0.333. The Kier molecular flexibility index (Phi) is 4.72. The van der Waals surface area contributed by atoms with Gasteiger partial charge in [0.25, 0.3) is 0 Å². The SMILES string of the molecule is COc1ccc(C)cc1NC(=O)C1(C(=O)Nc2c(C)cccc2C)CC1. The summed E-state index contributed by atoms with van der Waals surface area (Å²) in [5.74, 6) is 0.0408. The lowest BCUT2D eigenvalue weighted by molar-refractivity contribution is -0.131. The lowest BCUT2D eigenvalue weighted by Crippen LogP contribution is -2.36. The summed E-state index contributed by atoms with van der Waals surface area (Å²) in [5, 5.41) is 5.83. The van der Waals surface area contributed by atoms with Crippen LogP contribution in [0.25, 0.3) is 0 Å². The molecule has 0 saturated heterocycles. The van der Waals surface area contributed by atoms with Gasteiger partial charge in [-0.1, -0.05) is 24.3 Å². The number of carbonyl (C=O) groups excluding carboxylic acids is 2. The summed E-state index contributed by atoms with van der Waals surface area (Å²) in [6, 6.07) is 11.4. The van der Waals surface area contributed by atoms with Crippen LogP contribution in [0.5, 0.6) is 5.75 Å². The van der Waals surface area contributed by atoms with E-state index in [9.17, 15) is 9.59 Å². The highest BCUT2D eigenvalue weighted by Gasteiger charge is 2.56. The molecule has 0 heterocycles. The van der Waals surface area contributed by atoms with Gasteiger partial charge in [0, 0.05) is 5.69 Å². The maximum Gasteiger partial charge on any atom is 0.240 e. The van der Waals surface area contributed by atoms with Crippen LogP contribution < -0.4 is 15.4 Å². The van der Waals surface area contributed by atoms with Gasteiger partial charge in [0.15, 0.2) is 0 Å². The number of aryl methyl sites for hydroxylation is 3. The fourth-order valence-corrected chi connectivity index (χ4v) is 3.09. The van der Waals surface area contributed by atoms with Crippen molar-refractivity contribution in [1.29, 1.82) is 0 Å². The maximum atomic E-state index is 12.9. The molecule has 1 aliphatic carbocycles. The molecule has 1 saturated carbocycles. The van der Waals surface area contributed by atoms with Crippen LogP contribution in [-0.2, 0) is 9.59 Å². The van der Waals surface area contributed by atoms with Crippen molar-refractivity contribution < 1.29 is 14.3 Å². The second-order valence-corrected chi connectivity index (χ2v) is 6.96. The Hall–Kier alpha value is -2.82. The zero-order valence-corrected chi connectivity index (χ0v) is 15.6. The van der Waals surface area contributed by atoms with Crippen molar-refractivity contribution in [3.05, 3.63) is 53.1 Å². The molecule has 0 atom stereocenters. The molecule has 0 radical (unpaired) electrons. The van der Waals surface area contributed by atoms with Gasteiger partial charge >= 0.3 is 0 Å². The van der Waals surface area contributed by atoms with E-state index in [0.717, 1.165) is 22.4 Å². The lowest BCUT2D eigenvalue weighted by Gasteiger charge is -2.19. The Balaban J connectivity index is 1.79. The zero-order valence-electron chi connectivity index (χ0n) is 15.6. The molecule has 2 amide bonds. The Bertz CT molecular complexity index is 849. The van der Waals surface area contributed by atoms with Gasteiger partial charge in [0.1, 0.15) is 11.2 Å². The Morgan fingerprint density at radius 3 is 2.15 bits per heavy atom. The van der Waals surface area contributed by atoms with E-state index in [1.54, 1.807) is 13.2 Å². The molecule has 0 aromatic heterocycles. The van der Waals surface area contributed by atoms with E-state index in [1.807, 2.05) is 51.1 Å². The van der Waals surface area contributed by atoms with E-state index in [4.69, 9.17) is 4.74 Å². The van der Waals surface area contributed by atoms with E-state index in [1.165, 1.54) is 0 Å². The maximum absolute atomic E-state index is 12.9. The predicted molar refractivity (Wildman–Crippen MR) is 103 cm³/mol. The second kappa shape index (κ2) is 6.83. The number of anilines is 2. The van der Waals surface area contributed by atoms with Crippen LogP contribution in [0.1, 0.15) is 29.5 Å². The highest BCUT2D eigenvalue weighted by molar-refractivity contribution is 6.17. The quantitative estimate of drug-likeness (QED) is 0.800. The summed E-state index contributed by atoms with van der Waals surface area (Å²) in [7, 11) is 1.56. The second-order valence-electron chi connectivity index (χ2n) is 6.96. The number of benzene rings is 2. The molecule has 3 rings (SSSR count). The molecule has 2 N–H and O–H groups in total. The number of para-hydroxylation sites is 1. The van der Waals surface area contributed by atoms with Crippen molar-refractivity contribution in [2.24, 2.45) is 5.41 Å². The van der Waals surface area contributed by atoms with Crippen LogP contribution in [0.4, 0.5) is 11.4 Å². The molecular weight excluding hydrogens is 328 g/mol. The highest BCUT2D eigenvalue weighted by atomic mass is 16.5. The van der Waals surface area contributed by atoms with E-state index in [-0.39, 0.29) is 11.8 Å². The number of carbonyl (C=O) groups is 2. The molecule has 1 fully saturated rings. The molecule has 136 valence electrons. The first-order valence-corrected chi connectivity index (χ1v) is 8.71. The van der Waals surface area contributed by atoms with Gasteiger partial charge in [-0.2, -0.15) is 0 Å². The molecule has 2 aromatic rings. The monoisotopic (exact) mass is 352 g/mol. The largest absolute Gasteiger partial charge is 0.495 e. The normalized spacial score (nSPS) is 14.5. The summed E-state index contributed by atoms with van der Waals surface area (Å²) in [5.41, 5.74) is 3.33. The number of rotatable bonds is 5. The van der Waals surface area contributed by atoms with Crippen molar-refractivity contribution in [3.8, 4) is 5.75 Å². The van der Waals surface area contributed by atoms with Crippen LogP contribution in [0.2, 0.25) is 0 Å². The van der Waals surface area contributed by atoms with E-state index >= 15 is 0 Å². The molecule has 0 aliphatic heterocycles. The van der Waals surface area contributed by atoms with E-state index in [2.05, 4.69) is 10.6 Å². The molecule has 1 aliphatic rings. The third-order valence-corrected chi connectivity index (χ3v) is 4.94. The first-order chi connectivity index (χ1) is 12.4. The third kappa shape index (κ3) is 3.29. The van der Waals surface area contributed by atoms with Gasteiger partial charge in [-0.15, -0.1) is 0 Å². The summed E-state index contributed by atoms with van der Waals surface area (Å²) in [4.78, 5) is 25.7. The Morgan fingerprint density at radius 1 is 0.962 bits per heavy atom. The minimum atomic E-state index is -1.01. The minimum absolute atomic E-state index is 0.251. The lowest BCUT2D eigenvalue weighted by atomic mass is 10.0. The molecule has 5 heteroatoms. The smallest absolute Gasteiger partial charge is 0.240 e. The number of nitrogens with one attached hydrogen (secondary N) is 2. The zero-order chi connectivity index (χ0) is 18.9. The molecule has 26 heavy (non-hydrogen) atoms. The van der Waals surface area contributed by atoms with Crippen molar-refractivity contribution >= 4 is 23.2 Å². The van der Waals surface area contributed by atoms with Crippen molar-refractivity contribution in [1.82, 2.24) is 0 Å². The molecule has 0 unspecified atom stereocenters. The molecular formula is C21H24N2O3. The van der Waals surface area contributed by atoms with Gasteiger partial charge in [-0.3, -0.25) is 9.59 Å². The molecule has 0 bridgehead atoms. The highest BCUT2D eigenvalue weighted by Crippen LogP contribution is 2.48. The average Bonchev–Trinajstić information content (AvgIpc) is 3.40. The summed E-state index contributed by atoms with van der Waals surface area (Å²) < 4.78 is 5.31. The molecule has 5 nitrogen and oxygen atoms in total. The molecule has 2 aromatic carbocycles. The van der Waals surface area contributed by atoms with Gasteiger partial charge in [0.05, 0.1) is 12.8 Å². The van der Waals surface area contributed by atoms with Gasteiger partial charge < -0.3 is 15.4 Å². The Labute approximate surface area is 153 Å². The van der Waals surface area contributed by atoms with Crippen LogP contribution in [0, 0.1) is 26.2 Å². The third-order valence-electron chi connectivity index (χ3n) is 4.94. The van der Waals surface area contributed by atoms with Gasteiger partial charge in [-0.05, 0) is 62.4 Å². The number of ether oxygens (including phenoxy) is 1. The summed E-state index contributed by atoms with van der Waals surface area (Å²) >= 11 is 0. The Morgan fingerprint density at radius 2 is 1.58 bits per heavy atom. The van der Waals surface area contributed by atoms with Gasteiger partial charge in [0.2, 0.25) is 11.8 Å². The summed E-state index contributed by atoms with van der Waals surface area (Å²) in [6.07, 6.45) is 1.09. The van der Waals surface area contributed by atoms with Crippen molar-refractivity contribution in [2.75, 3.05) is 17.7 Å². The van der Waals surface area contributed by atoms with Crippen LogP contribution >= 0.6 is 0 Å². The number of amides is 2. The van der Waals surface area contributed by atoms with Crippen LogP contribution in [0.15, 0.2) is 36.4 Å². The topological polar surface area (TPSA) is 67.4 Å². The van der Waals surface area contributed by atoms with Crippen molar-refractivity contribution in [2.45, 2.75) is 33.6 Å². The first kappa shape index (κ1) is 18.0. The number of hydrogen-bond donors (Lipinski definition) is 2. The number of methoxy groups -OCH3 is 1. The van der Waals surface area contributed by atoms with Crippen LogP contribution in [0.3, 0.4) is 0 Å². The molecule has 0 spiro atoms. The first-order valence-electron chi connectivity index (χ1n) is 8.71. The predicted octanol–water partition coefficient (Wildman–Crippen LogP) is 3.98.